The van der Waals surface area contributed by atoms with Gasteiger partial charge in [-0.2, -0.15) is 0 Å². The summed E-state index contributed by atoms with van der Waals surface area (Å²) in [6.45, 7) is -0.183. The summed E-state index contributed by atoms with van der Waals surface area (Å²) >= 11 is 0. The second-order valence-corrected chi connectivity index (χ2v) is 8.40. The van der Waals surface area contributed by atoms with Crippen LogP contribution in [0, 0.1) is 0 Å². The van der Waals surface area contributed by atoms with Crippen molar-refractivity contribution in [2.45, 2.75) is 19.3 Å². The lowest BCUT2D eigenvalue weighted by Crippen LogP contribution is -2.37. The molecule has 212 valence electrons. The summed E-state index contributed by atoms with van der Waals surface area (Å²) in [6, 6.07) is 16.9. The normalized spacial score (nSPS) is 10.7. The number of rotatable bonds is 16. The number of esters is 1. The van der Waals surface area contributed by atoms with E-state index in [-0.39, 0.29) is 69.4 Å². The maximum Gasteiger partial charge on any atom is 0.334 e. The molecule has 0 aliphatic carbocycles. The van der Waals surface area contributed by atoms with Gasteiger partial charge < -0.3 is 31.1 Å². The predicted molar refractivity (Wildman–Crippen MR) is 144 cm³/mol. The molecule has 0 saturated heterocycles. The first-order valence-electron chi connectivity index (χ1n) is 12.6. The lowest BCUT2D eigenvalue weighted by molar-refractivity contribution is -0.140. The van der Waals surface area contributed by atoms with Gasteiger partial charge in [0, 0.05) is 35.9 Å². The molecule has 0 aliphatic heterocycles. The van der Waals surface area contributed by atoms with Crippen LogP contribution in [0.3, 0.4) is 0 Å². The van der Waals surface area contributed by atoms with Crippen molar-refractivity contribution in [1.82, 2.24) is 21.3 Å². The Hall–Kier alpha value is -5.00. The minimum Gasteiger partial charge on any atom is -0.478 e. The molecule has 0 unspecified atom stereocenters. The molecule has 0 radical (unpaired) electrons. The first-order valence-corrected chi connectivity index (χ1v) is 12.6. The van der Waals surface area contributed by atoms with E-state index in [0.717, 1.165) is 6.08 Å². The van der Waals surface area contributed by atoms with Crippen LogP contribution < -0.4 is 21.3 Å². The summed E-state index contributed by atoms with van der Waals surface area (Å²) in [7, 11) is 0. The van der Waals surface area contributed by atoms with Crippen LogP contribution in [0.4, 0.5) is 0 Å². The summed E-state index contributed by atoms with van der Waals surface area (Å²) in [4.78, 5) is 71.1. The topological polar surface area (TPSA) is 180 Å². The number of amides is 4. The maximum absolute atomic E-state index is 12.3. The Morgan fingerprint density at radius 2 is 1.15 bits per heavy atom. The Morgan fingerprint density at radius 3 is 1.62 bits per heavy atom. The standard InChI is InChI=1S/C28H32N4O8/c33-23(18-31-26(37)20-9-3-1-4-10-20)29-14-7-13-22(17-25(35)36)28(39)40-16-8-15-30-24(34)19-32-27(38)21-11-5-2-6-12-21/h1-6,9-12,17H,7-8,13-16,18-19H2,(H,29,33)(H,30,34)(H,31,37)(H,32,38)(H,35,36). The number of hydrogen-bond donors (Lipinski definition) is 5. The van der Waals surface area contributed by atoms with Gasteiger partial charge in [-0.15, -0.1) is 0 Å². The quantitative estimate of drug-likeness (QED) is 0.115. The maximum atomic E-state index is 12.3. The van der Waals surface area contributed by atoms with Crippen molar-refractivity contribution in [3.8, 4) is 0 Å². The molecule has 12 heteroatoms. The molecule has 0 atom stereocenters. The third-order valence-corrected chi connectivity index (χ3v) is 5.27. The molecular formula is C28H32N4O8. The van der Waals surface area contributed by atoms with Gasteiger partial charge in [-0.1, -0.05) is 36.4 Å². The van der Waals surface area contributed by atoms with E-state index in [1.54, 1.807) is 60.7 Å². The molecule has 5 N–H and O–H groups in total. The van der Waals surface area contributed by atoms with Crippen molar-refractivity contribution in [2.75, 3.05) is 32.8 Å². The van der Waals surface area contributed by atoms with Gasteiger partial charge in [0.2, 0.25) is 11.8 Å². The molecule has 0 aliphatic rings. The second-order valence-electron chi connectivity index (χ2n) is 8.40. The molecule has 2 rings (SSSR count). The minimum absolute atomic E-state index is 0.0413. The van der Waals surface area contributed by atoms with E-state index < -0.39 is 23.8 Å². The molecule has 2 aromatic carbocycles. The number of benzene rings is 2. The fourth-order valence-corrected chi connectivity index (χ4v) is 3.28. The predicted octanol–water partition coefficient (Wildman–Crippen LogP) is 0.803. The third kappa shape index (κ3) is 12.5. The van der Waals surface area contributed by atoms with Gasteiger partial charge in [0.1, 0.15) is 0 Å². The van der Waals surface area contributed by atoms with Crippen molar-refractivity contribution in [1.29, 1.82) is 0 Å². The van der Waals surface area contributed by atoms with E-state index in [9.17, 15) is 28.8 Å². The Labute approximate surface area is 231 Å². The average Bonchev–Trinajstić information content (AvgIpc) is 2.96. The molecule has 0 fully saturated rings. The molecule has 0 spiro atoms. The second kappa shape index (κ2) is 17.5. The number of ether oxygens (including phenoxy) is 1. The molecule has 40 heavy (non-hydrogen) atoms. The first-order chi connectivity index (χ1) is 19.3. The number of carbonyl (C=O) groups excluding carboxylic acids is 5. The van der Waals surface area contributed by atoms with Gasteiger partial charge in [0.25, 0.3) is 11.8 Å². The van der Waals surface area contributed by atoms with Crippen LogP contribution in [0.2, 0.25) is 0 Å². The van der Waals surface area contributed by atoms with Crippen LogP contribution >= 0.6 is 0 Å². The minimum atomic E-state index is -1.32. The lowest BCUT2D eigenvalue weighted by atomic mass is 10.1. The van der Waals surface area contributed by atoms with Crippen molar-refractivity contribution in [3.05, 3.63) is 83.4 Å². The molecular weight excluding hydrogens is 520 g/mol. The fourth-order valence-electron chi connectivity index (χ4n) is 3.28. The molecule has 12 nitrogen and oxygen atoms in total. The summed E-state index contributed by atoms with van der Waals surface area (Å²) in [5.74, 6) is -3.74. The van der Waals surface area contributed by atoms with Crippen molar-refractivity contribution >= 4 is 35.6 Å². The fraction of sp³-hybridized carbons (Fsp3) is 0.286. The van der Waals surface area contributed by atoms with Gasteiger partial charge in [-0.25, -0.2) is 9.59 Å². The first kappa shape index (κ1) is 31.2. The van der Waals surface area contributed by atoms with Gasteiger partial charge in [0.05, 0.1) is 19.7 Å². The summed E-state index contributed by atoms with van der Waals surface area (Å²) < 4.78 is 5.10. The van der Waals surface area contributed by atoms with E-state index >= 15 is 0 Å². The molecule has 4 amide bonds. The van der Waals surface area contributed by atoms with Crippen molar-refractivity contribution in [3.63, 3.8) is 0 Å². The van der Waals surface area contributed by atoms with Crippen LogP contribution in [0.25, 0.3) is 0 Å². The average molecular weight is 553 g/mol. The zero-order valence-electron chi connectivity index (χ0n) is 21.8. The van der Waals surface area contributed by atoms with E-state index in [1.807, 2.05) is 0 Å². The summed E-state index contributed by atoms with van der Waals surface area (Å²) in [6.07, 6.45) is 1.33. The number of carboxylic acid groups (broad SMARTS) is 1. The highest BCUT2D eigenvalue weighted by Crippen LogP contribution is 2.08. The van der Waals surface area contributed by atoms with Gasteiger partial charge >= 0.3 is 11.9 Å². The smallest absolute Gasteiger partial charge is 0.334 e. The highest BCUT2D eigenvalue weighted by Gasteiger charge is 2.14. The Kier molecular flexibility index (Phi) is 13.7. The number of hydrogen-bond acceptors (Lipinski definition) is 7. The SMILES string of the molecule is O=C(O)C=C(CCCNC(=O)CNC(=O)c1ccccc1)C(=O)OCCCNC(=O)CNC(=O)c1ccccc1. The van der Waals surface area contributed by atoms with Crippen LogP contribution in [0.5, 0.6) is 0 Å². The number of aliphatic carboxylic acids is 1. The van der Waals surface area contributed by atoms with Crippen LogP contribution in [0.1, 0.15) is 40.0 Å². The molecule has 0 bridgehead atoms. The zero-order valence-corrected chi connectivity index (χ0v) is 21.8. The van der Waals surface area contributed by atoms with E-state index in [1.165, 1.54) is 0 Å². The molecule has 0 saturated carbocycles. The zero-order chi connectivity index (χ0) is 29.2. The van der Waals surface area contributed by atoms with Crippen LogP contribution in [-0.4, -0.2) is 73.5 Å². The Bertz CT molecular complexity index is 1200. The van der Waals surface area contributed by atoms with E-state index in [4.69, 9.17) is 9.84 Å². The van der Waals surface area contributed by atoms with Crippen LogP contribution in [-0.2, 0) is 23.9 Å². The van der Waals surface area contributed by atoms with Gasteiger partial charge in [0.15, 0.2) is 0 Å². The summed E-state index contributed by atoms with van der Waals surface area (Å²) in [5.41, 5.74) is 0.779. The highest BCUT2D eigenvalue weighted by molar-refractivity contribution is 5.97. The third-order valence-electron chi connectivity index (χ3n) is 5.27. The largest absolute Gasteiger partial charge is 0.478 e. The van der Waals surface area contributed by atoms with Gasteiger partial charge in [-0.05, 0) is 43.5 Å². The molecule has 0 heterocycles. The molecule has 2 aromatic rings. The number of carbonyl (C=O) groups is 6. The highest BCUT2D eigenvalue weighted by atomic mass is 16.5. The monoisotopic (exact) mass is 552 g/mol. The van der Waals surface area contributed by atoms with Crippen molar-refractivity contribution < 1.29 is 38.6 Å². The summed E-state index contributed by atoms with van der Waals surface area (Å²) in [5, 5.41) is 19.2. The van der Waals surface area contributed by atoms with Crippen molar-refractivity contribution in [2.24, 2.45) is 0 Å². The van der Waals surface area contributed by atoms with Crippen LogP contribution in [0.15, 0.2) is 72.3 Å². The molecule has 0 aromatic heterocycles. The Morgan fingerprint density at radius 1 is 0.675 bits per heavy atom. The van der Waals surface area contributed by atoms with E-state index in [0.29, 0.717) is 11.1 Å². The van der Waals surface area contributed by atoms with E-state index in [2.05, 4.69) is 21.3 Å². The number of nitrogens with one attached hydrogen (secondary N) is 4. The lowest BCUT2D eigenvalue weighted by Gasteiger charge is -2.10. The Balaban J connectivity index is 1.61. The number of carboxylic acids is 1. The van der Waals surface area contributed by atoms with Gasteiger partial charge in [-0.3, -0.25) is 19.2 Å².